The maximum atomic E-state index is 12.7. The van der Waals surface area contributed by atoms with E-state index in [4.69, 9.17) is 21.1 Å². The third kappa shape index (κ3) is 8.05. The fraction of sp³-hybridized carbons (Fsp3) is 0.375. The Morgan fingerprint density at radius 3 is 2.58 bits per heavy atom. The van der Waals surface area contributed by atoms with Crippen molar-refractivity contribution in [1.29, 1.82) is 0 Å². The van der Waals surface area contributed by atoms with Crippen LogP contribution in [0.4, 0.5) is 0 Å². The van der Waals surface area contributed by atoms with E-state index in [1.54, 1.807) is 30.3 Å². The lowest BCUT2D eigenvalue weighted by Gasteiger charge is -2.20. The first-order valence-electron chi connectivity index (χ1n) is 10.7. The Morgan fingerprint density at radius 2 is 1.94 bits per heavy atom. The molecule has 0 heterocycles. The molecular weight excluding hydrogens is 510 g/mol. The van der Waals surface area contributed by atoms with E-state index in [1.165, 1.54) is 6.21 Å². The minimum absolute atomic E-state index is 0.156. The Morgan fingerprint density at radius 1 is 1.18 bits per heavy atom. The van der Waals surface area contributed by atoms with Gasteiger partial charge in [-0.05, 0) is 71.1 Å². The van der Waals surface area contributed by atoms with Gasteiger partial charge in [-0.3, -0.25) is 9.59 Å². The quantitative estimate of drug-likeness (QED) is 0.304. The Kier molecular flexibility index (Phi) is 10.7. The van der Waals surface area contributed by atoms with E-state index in [2.05, 4.69) is 31.8 Å². The SMILES string of the molecule is CCCOc1c(Br)cc(C=NNC(=O)C(NC(=O)c2cccc(Cl)c2)C(C)C)cc1OCC. The van der Waals surface area contributed by atoms with E-state index >= 15 is 0 Å². The smallest absolute Gasteiger partial charge is 0.262 e. The van der Waals surface area contributed by atoms with Crippen LogP contribution in [0.25, 0.3) is 0 Å². The van der Waals surface area contributed by atoms with Crippen LogP contribution < -0.4 is 20.2 Å². The van der Waals surface area contributed by atoms with Gasteiger partial charge in [-0.25, -0.2) is 5.43 Å². The standard InChI is InChI=1S/C24H29BrClN3O4/c1-5-10-33-22-19(25)11-16(12-20(22)32-6-2)14-27-29-24(31)21(15(3)4)28-23(30)17-8-7-9-18(26)13-17/h7-9,11-15,21H,5-6,10H2,1-4H3,(H,28,30)(H,29,31). The first kappa shape index (κ1) is 26.7. The normalized spacial score (nSPS) is 12.0. The third-order valence-corrected chi connectivity index (χ3v) is 5.32. The number of rotatable bonds is 11. The van der Waals surface area contributed by atoms with Gasteiger partial charge in [0.15, 0.2) is 11.5 Å². The number of carbonyl (C=O) groups is 2. The molecule has 9 heteroatoms. The molecule has 0 fully saturated rings. The highest BCUT2D eigenvalue weighted by Gasteiger charge is 2.24. The number of benzene rings is 2. The zero-order valence-electron chi connectivity index (χ0n) is 19.2. The summed E-state index contributed by atoms with van der Waals surface area (Å²) < 4.78 is 12.2. The predicted octanol–water partition coefficient (Wildman–Crippen LogP) is 5.19. The summed E-state index contributed by atoms with van der Waals surface area (Å²) in [5.41, 5.74) is 3.59. The molecule has 2 amide bonds. The first-order chi connectivity index (χ1) is 15.8. The van der Waals surface area contributed by atoms with Crippen LogP contribution in [0, 0.1) is 5.92 Å². The molecule has 0 bridgehead atoms. The van der Waals surface area contributed by atoms with Gasteiger partial charge in [0, 0.05) is 10.6 Å². The van der Waals surface area contributed by atoms with E-state index in [0.717, 1.165) is 10.9 Å². The van der Waals surface area contributed by atoms with Crippen molar-refractivity contribution in [3.8, 4) is 11.5 Å². The summed E-state index contributed by atoms with van der Waals surface area (Å²) in [6, 6.07) is 9.38. The summed E-state index contributed by atoms with van der Waals surface area (Å²) in [5, 5.41) is 7.25. The van der Waals surface area contributed by atoms with Crippen molar-refractivity contribution in [1.82, 2.24) is 10.7 Å². The zero-order chi connectivity index (χ0) is 24.4. The number of hydrogen-bond donors (Lipinski definition) is 2. The Bertz CT molecular complexity index is 998. The van der Waals surface area contributed by atoms with E-state index in [0.29, 0.717) is 40.9 Å². The second-order valence-corrected chi connectivity index (χ2v) is 8.84. The highest BCUT2D eigenvalue weighted by atomic mass is 79.9. The molecule has 2 rings (SSSR count). The summed E-state index contributed by atoms with van der Waals surface area (Å²) in [5.74, 6) is 0.245. The van der Waals surface area contributed by atoms with Crippen LogP contribution in [0.2, 0.25) is 5.02 Å². The summed E-state index contributed by atoms with van der Waals surface area (Å²) in [6.07, 6.45) is 2.38. The lowest BCUT2D eigenvalue weighted by Crippen LogP contribution is -2.48. The number of amides is 2. The lowest BCUT2D eigenvalue weighted by atomic mass is 10.0. The number of carbonyl (C=O) groups excluding carboxylic acids is 2. The third-order valence-electron chi connectivity index (χ3n) is 4.49. The topological polar surface area (TPSA) is 89.0 Å². The van der Waals surface area contributed by atoms with Gasteiger partial charge in [0.25, 0.3) is 11.8 Å². The molecular formula is C24H29BrClN3O4. The van der Waals surface area contributed by atoms with Gasteiger partial charge in [-0.15, -0.1) is 0 Å². The van der Waals surface area contributed by atoms with Crippen LogP contribution in [0.3, 0.4) is 0 Å². The van der Waals surface area contributed by atoms with Crippen LogP contribution >= 0.6 is 27.5 Å². The first-order valence-corrected chi connectivity index (χ1v) is 11.9. The van der Waals surface area contributed by atoms with Gasteiger partial charge in [-0.1, -0.05) is 38.4 Å². The van der Waals surface area contributed by atoms with Gasteiger partial charge in [-0.2, -0.15) is 5.10 Å². The van der Waals surface area contributed by atoms with Gasteiger partial charge in [0.1, 0.15) is 6.04 Å². The number of nitrogens with zero attached hydrogens (tertiary/aromatic N) is 1. The van der Waals surface area contributed by atoms with Crippen molar-refractivity contribution in [3.05, 3.63) is 57.0 Å². The second kappa shape index (κ2) is 13.2. The zero-order valence-corrected chi connectivity index (χ0v) is 21.5. The largest absolute Gasteiger partial charge is 0.490 e. The monoisotopic (exact) mass is 537 g/mol. The van der Waals surface area contributed by atoms with Crippen LogP contribution in [0.1, 0.15) is 50.0 Å². The minimum atomic E-state index is -0.774. The Labute approximate surface area is 208 Å². The van der Waals surface area contributed by atoms with Gasteiger partial charge in [0.2, 0.25) is 0 Å². The van der Waals surface area contributed by atoms with Crippen molar-refractivity contribution < 1.29 is 19.1 Å². The van der Waals surface area contributed by atoms with Crippen molar-refractivity contribution in [2.45, 2.75) is 40.2 Å². The molecule has 2 N–H and O–H groups in total. The van der Waals surface area contributed by atoms with Gasteiger partial charge >= 0.3 is 0 Å². The summed E-state index contributed by atoms with van der Waals surface area (Å²) in [4.78, 5) is 25.2. The number of ether oxygens (including phenoxy) is 2. The van der Waals surface area contributed by atoms with Crippen LogP contribution in [0.5, 0.6) is 11.5 Å². The molecule has 1 unspecified atom stereocenters. The molecule has 7 nitrogen and oxygen atoms in total. The van der Waals surface area contributed by atoms with E-state index in [9.17, 15) is 9.59 Å². The summed E-state index contributed by atoms with van der Waals surface area (Å²) >= 11 is 9.46. The van der Waals surface area contributed by atoms with E-state index in [-0.39, 0.29) is 11.8 Å². The number of nitrogens with one attached hydrogen (secondary N) is 2. The molecule has 0 aromatic heterocycles. The second-order valence-electron chi connectivity index (χ2n) is 7.55. The van der Waals surface area contributed by atoms with Crippen molar-refractivity contribution >= 4 is 45.6 Å². The molecule has 0 spiro atoms. The molecule has 33 heavy (non-hydrogen) atoms. The van der Waals surface area contributed by atoms with Crippen molar-refractivity contribution in [2.75, 3.05) is 13.2 Å². The maximum Gasteiger partial charge on any atom is 0.262 e. The Balaban J connectivity index is 2.10. The minimum Gasteiger partial charge on any atom is -0.490 e. The molecule has 1 atom stereocenters. The molecule has 0 saturated carbocycles. The van der Waals surface area contributed by atoms with Gasteiger partial charge in [0.05, 0.1) is 23.9 Å². The molecule has 0 aliphatic carbocycles. The van der Waals surface area contributed by atoms with Gasteiger partial charge < -0.3 is 14.8 Å². The number of halogens is 2. The molecule has 0 aliphatic heterocycles. The van der Waals surface area contributed by atoms with Crippen LogP contribution in [0.15, 0.2) is 46.0 Å². The summed E-state index contributed by atoms with van der Waals surface area (Å²) in [7, 11) is 0. The van der Waals surface area contributed by atoms with Crippen LogP contribution in [-0.4, -0.2) is 37.3 Å². The molecule has 2 aromatic carbocycles. The van der Waals surface area contributed by atoms with Crippen LogP contribution in [-0.2, 0) is 4.79 Å². The van der Waals surface area contributed by atoms with E-state index < -0.39 is 11.9 Å². The average molecular weight is 539 g/mol. The molecule has 0 aliphatic rings. The van der Waals surface area contributed by atoms with E-state index in [1.807, 2.05) is 33.8 Å². The van der Waals surface area contributed by atoms with Crippen molar-refractivity contribution in [2.24, 2.45) is 11.0 Å². The highest BCUT2D eigenvalue weighted by molar-refractivity contribution is 9.10. The molecule has 178 valence electrons. The number of hydrazone groups is 1. The number of hydrogen-bond acceptors (Lipinski definition) is 5. The summed E-state index contributed by atoms with van der Waals surface area (Å²) in [6.45, 7) is 8.65. The fourth-order valence-electron chi connectivity index (χ4n) is 2.90. The average Bonchev–Trinajstić information content (AvgIpc) is 2.76. The predicted molar refractivity (Wildman–Crippen MR) is 134 cm³/mol. The maximum absolute atomic E-state index is 12.7. The molecule has 2 aromatic rings. The highest BCUT2D eigenvalue weighted by Crippen LogP contribution is 2.36. The molecule has 0 saturated heterocycles. The van der Waals surface area contributed by atoms with Crippen molar-refractivity contribution in [3.63, 3.8) is 0 Å². The fourth-order valence-corrected chi connectivity index (χ4v) is 3.66. The Hall–Kier alpha value is -2.58. The molecule has 0 radical (unpaired) electrons. The lowest BCUT2D eigenvalue weighted by molar-refractivity contribution is -0.123.